The number of carbonyl (C=O) groups is 3. The van der Waals surface area contributed by atoms with Crippen LogP contribution in [0.2, 0.25) is 0 Å². The third kappa shape index (κ3) is 3.42. The summed E-state index contributed by atoms with van der Waals surface area (Å²) in [5, 5.41) is 0. The van der Waals surface area contributed by atoms with Gasteiger partial charge in [0.25, 0.3) is 0 Å². The lowest BCUT2D eigenvalue weighted by Crippen LogP contribution is -2.31. The Morgan fingerprint density at radius 1 is 1.20 bits per heavy atom. The van der Waals surface area contributed by atoms with E-state index in [1.54, 1.807) is 20.8 Å². The molecule has 112 valence electrons. The van der Waals surface area contributed by atoms with E-state index < -0.39 is 34.7 Å². The molecule has 0 heterocycles. The lowest BCUT2D eigenvalue weighted by molar-refractivity contribution is -0.158. The highest BCUT2D eigenvalue weighted by atomic mass is 35.5. The summed E-state index contributed by atoms with van der Waals surface area (Å²) in [6.07, 6.45) is 0.990. The Labute approximate surface area is 121 Å². The monoisotopic (exact) mass is 304 g/mol. The standard InChI is InChI=1S/C13H17ClO6/c1-12(2,3)19-9(15)8-6-13(8,7-4-5-7)20-11(17)18-10(14)16/h7-8H,4-6H2,1-3H3. The van der Waals surface area contributed by atoms with Crippen molar-refractivity contribution in [2.24, 2.45) is 11.8 Å². The Bertz CT molecular complexity index is 450. The highest BCUT2D eigenvalue weighted by molar-refractivity contribution is 6.61. The van der Waals surface area contributed by atoms with E-state index >= 15 is 0 Å². The summed E-state index contributed by atoms with van der Waals surface area (Å²) >= 11 is 4.95. The molecule has 2 unspecified atom stereocenters. The maximum atomic E-state index is 12.0. The molecule has 0 spiro atoms. The lowest BCUT2D eigenvalue weighted by atomic mass is 10.1. The number of hydrogen-bond donors (Lipinski definition) is 0. The summed E-state index contributed by atoms with van der Waals surface area (Å²) in [6, 6.07) is 0. The molecule has 2 rings (SSSR count). The maximum Gasteiger partial charge on any atom is 0.517 e. The predicted molar refractivity (Wildman–Crippen MR) is 68.2 cm³/mol. The molecule has 0 amide bonds. The number of carbonyl (C=O) groups excluding carboxylic acids is 3. The van der Waals surface area contributed by atoms with Crippen LogP contribution in [-0.2, 0) is 19.0 Å². The summed E-state index contributed by atoms with van der Waals surface area (Å²) in [4.78, 5) is 33.9. The van der Waals surface area contributed by atoms with Gasteiger partial charge >= 0.3 is 17.6 Å². The van der Waals surface area contributed by atoms with Gasteiger partial charge in [-0.1, -0.05) is 0 Å². The average molecular weight is 305 g/mol. The molecular weight excluding hydrogens is 288 g/mol. The molecule has 0 N–H and O–H groups in total. The van der Waals surface area contributed by atoms with Crippen LogP contribution in [0.1, 0.15) is 40.0 Å². The fourth-order valence-electron chi connectivity index (χ4n) is 2.38. The van der Waals surface area contributed by atoms with Gasteiger partial charge in [-0.15, -0.1) is 0 Å². The van der Waals surface area contributed by atoms with Crippen LogP contribution in [0.25, 0.3) is 0 Å². The molecule has 2 saturated carbocycles. The van der Waals surface area contributed by atoms with Crippen LogP contribution in [0, 0.1) is 11.8 Å². The van der Waals surface area contributed by atoms with E-state index in [2.05, 4.69) is 4.74 Å². The van der Waals surface area contributed by atoms with E-state index in [0.29, 0.717) is 6.42 Å². The summed E-state index contributed by atoms with van der Waals surface area (Å²) < 4.78 is 14.6. The first-order valence-corrected chi connectivity index (χ1v) is 6.85. The molecule has 2 fully saturated rings. The van der Waals surface area contributed by atoms with Gasteiger partial charge in [-0.25, -0.2) is 9.59 Å². The Balaban J connectivity index is 1.98. The SMILES string of the molecule is CC(C)(C)OC(=O)C1CC1(OC(=O)OC(=O)Cl)C1CC1. The smallest absolute Gasteiger partial charge is 0.460 e. The van der Waals surface area contributed by atoms with Crippen LogP contribution in [0.3, 0.4) is 0 Å². The molecule has 0 aromatic carbocycles. The predicted octanol–water partition coefficient (Wildman–Crippen LogP) is 3.01. The van der Waals surface area contributed by atoms with Gasteiger partial charge in [-0.3, -0.25) is 4.79 Å². The maximum absolute atomic E-state index is 12.0. The van der Waals surface area contributed by atoms with Crippen molar-refractivity contribution in [1.29, 1.82) is 0 Å². The second-order valence-corrected chi connectivity index (χ2v) is 6.52. The molecule has 2 atom stereocenters. The van der Waals surface area contributed by atoms with Gasteiger partial charge in [-0.2, -0.15) is 0 Å². The van der Waals surface area contributed by atoms with Crippen LogP contribution in [-0.4, -0.2) is 28.8 Å². The minimum atomic E-state index is -1.25. The van der Waals surface area contributed by atoms with Gasteiger partial charge < -0.3 is 14.2 Å². The first-order valence-electron chi connectivity index (χ1n) is 6.47. The van der Waals surface area contributed by atoms with Gasteiger partial charge in [-0.05, 0) is 39.5 Å². The summed E-state index contributed by atoms with van der Waals surface area (Å²) in [5.74, 6) is -0.764. The Hall–Kier alpha value is -1.30. The third-order valence-electron chi connectivity index (χ3n) is 3.35. The van der Waals surface area contributed by atoms with Gasteiger partial charge in [0.2, 0.25) is 0 Å². The first kappa shape index (κ1) is 15.1. The minimum absolute atomic E-state index is 0.123. The molecule has 0 aromatic heterocycles. The van der Waals surface area contributed by atoms with Crippen molar-refractivity contribution in [3.63, 3.8) is 0 Å². The van der Waals surface area contributed by atoms with Gasteiger partial charge in [0.1, 0.15) is 17.1 Å². The Kier molecular flexibility index (Phi) is 3.71. The molecule has 2 aliphatic rings. The van der Waals surface area contributed by atoms with E-state index in [4.69, 9.17) is 21.1 Å². The zero-order valence-corrected chi connectivity index (χ0v) is 12.4. The minimum Gasteiger partial charge on any atom is -0.460 e. The molecule has 0 saturated heterocycles. The normalized spacial score (nSPS) is 28.5. The fraction of sp³-hybridized carbons (Fsp3) is 0.769. The third-order valence-corrected chi connectivity index (χ3v) is 3.43. The van der Waals surface area contributed by atoms with Crippen molar-refractivity contribution in [3.8, 4) is 0 Å². The summed E-state index contributed by atoms with van der Waals surface area (Å²) in [7, 11) is 0. The second-order valence-electron chi connectivity index (χ2n) is 6.21. The first-order chi connectivity index (χ1) is 9.14. The van der Waals surface area contributed by atoms with E-state index in [1.165, 1.54) is 0 Å². The summed E-state index contributed by atoms with van der Waals surface area (Å²) in [5.41, 5.74) is -2.73. The van der Waals surface area contributed by atoms with Gasteiger partial charge in [0, 0.05) is 18.0 Å². The fourth-order valence-corrected chi connectivity index (χ4v) is 2.44. The molecular formula is C13H17ClO6. The van der Waals surface area contributed by atoms with Crippen LogP contribution in [0.5, 0.6) is 0 Å². The van der Waals surface area contributed by atoms with Crippen LogP contribution >= 0.6 is 11.6 Å². The van der Waals surface area contributed by atoms with E-state index in [0.717, 1.165) is 12.8 Å². The molecule has 20 heavy (non-hydrogen) atoms. The number of ether oxygens (including phenoxy) is 3. The number of rotatable bonds is 3. The van der Waals surface area contributed by atoms with Crippen molar-refractivity contribution >= 4 is 29.2 Å². The van der Waals surface area contributed by atoms with Crippen LogP contribution < -0.4 is 0 Å². The molecule has 0 radical (unpaired) electrons. The largest absolute Gasteiger partial charge is 0.517 e. The molecule has 0 aromatic rings. The van der Waals surface area contributed by atoms with Crippen molar-refractivity contribution in [1.82, 2.24) is 0 Å². The summed E-state index contributed by atoms with van der Waals surface area (Å²) in [6.45, 7) is 5.31. The van der Waals surface area contributed by atoms with E-state index in [1.807, 2.05) is 0 Å². The van der Waals surface area contributed by atoms with Crippen LogP contribution in [0.4, 0.5) is 9.59 Å². The average Bonchev–Trinajstić information content (AvgIpc) is 3.07. The highest BCUT2D eigenvalue weighted by Gasteiger charge is 2.70. The highest BCUT2D eigenvalue weighted by Crippen LogP contribution is 2.61. The number of hydrogen-bond acceptors (Lipinski definition) is 6. The number of esters is 1. The topological polar surface area (TPSA) is 78.9 Å². The van der Waals surface area contributed by atoms with Crippen molar-refractivity contribution in [3.05, 3.63) is 0 Å². The second kappa shape index (κ2) is 4.91. The van der Waals surface area contributed by atoms with E-state index in [9.17, 15) is 14.4 Å². The van der Waals surface area contributed by atoms with Gasteiger partial charge in [0.15, 0.2) is 0 Å². The van der Waals surface area contributed by atoms with Crippen LogP contribution in [0.15, 0.2) is 0 Å². The van der Waals surface area contributed by atoms with E-state index in [-0.39, 0.29) is 5.92 Å². The van der Waals surface area contributed by atoms with Crippen molar-refractivity contribution in [2.45, 2.75) is 51.2 Å². The Morgan fingerprint density at radius 2 is 1.80 bits per heavy atom. The van der Waals surface area contributed by atoms with Crippen molar-refractivity contribution < 1.29 is 28.6 Å². The zero-order chi connectivity index (χ0) is 15.1. The molecule has 7 heteroatoms. The molecule has 0 aliphatic heterocycles. The Morgan fingerprint density at radius 3 is 2.25 bits per heavy atom. The van der Waals surface area contributed by atoms with Gasteiger partial charge in [0.05, 0.1) is 0 Å². The number of halogens is 1. The molecule has 2 aliphatic carbocycles. The lowest BCUT2D eigenvalue weighted by Gasteiger charge is -2.21. The zero-order valence-electron chi connectivity index (χ0n) is 11.6. The molecule has 6 nitrogen and oxygen atoms in total. The molecule has 0 bridgehead atoms. The van der Waals surface area contributed by atoms with Crippen molar-refractivity contribution in [2.75, 3.05) is 0 Å². The quantitative estimate of drug-likeness (QED) is 0.453.